The van der Waals surface area contributed by atoms with Crippen LogP contribution in [0.25, 0.3) is 0 Å². The Balaban J connectivity index is 2.43. The minimum atomic E-state index is -0.304. The van der Waals surface area contributed by atoms with Gasteiger partial charge >= 0.3 is 0 Å². The predicted octanol–water partition coefficient (Wildman–Crippen LogP) is 3.30. The van der Waals surface area contributed by atoms with E-state index in [4.69, 9.17) is 0 Å². The van der Waals surface area contributed by atoms with Crippen molar-refractivity contribution in [2.75, 3.05) is 11.1 Å². The van der Waals surface area contributed by atoms with E-state index >= 15 is 0 Å². The molecule has 0 fully saturated rings. The van der Waals surface area contributed by atoms with Gasteiger partial charge in [0.05, 0.1) is 5.75 Å². The van der Waals surface area contributed by atoms with Crippen LogP contribution in [0.5, 0.6) is 0 Å². The molecule has 0 aliphatic rings. The molecule has 0 saturated heterocycles. The molecular weight excluding hydrogens is 225 g/mol. The second-order valence-corrected chi connectivity index (χ2v) is 6.26. The van der Waals surface area contributed by atoms with Crippen LogP contribution < -0.4 is 5.32 Å². The fourth-order valence-electron chi connectivity index (χ4n) is 1.01. The van der Waals surface area contributed by atoms with E-state index in [1.807, 2.05) is 0 Å². The Morgan fingerprint density at radius 1 is 1.31 bits per heavy atom. The molecule has 0 bridgehead atoms. The first-order valence-electron chi connectivity index (χ1n) is 5.06. The molecule has 1 N–H and O–H groups in total. The Morgan fingerprint density at radius 3 is 2.38 bits per heavy atom. The molecule has 1 aromatic rings. The summed E-state index contributed by atoms with van der Waals surface area (Å²) in [6.07, 6.45) is 0. The number of carbonyl (C=O) groups is 1. The molecule has 4 heteroatoms. The number of amides is 1. The number of hydrogen-bond acceptors (Lipinski definition) is 2. The molecule has 1 amide bonds. The number of anilines is 1. The van der Waals surface area contributed by atoms with Gasteiger partial charge in [-0.25, -0.2) is 4.39 Å². The maximum Gasteiger partial charge on any atom is 0.234 e. The number of nitrogens with one attached hydrogen (secondary N) is 1. The molecule has 1 rings (SSSR count). The highest BCUT2D eigenvalue weighted by atomic mass is 32.2. The summed E-state index contributed by atoms with van der Waals surface area (Å²) in [5.41, 5.74) is 0.626. The van der Waals surface area contributed by atoms with Gasteiger partial charge in [0.15, 0.2) is 0 Å². The zero-order chi connectivity index (χ0) is 12.2. The van der Waals surface area contributed by atoms with Crippen molar-refractivity contribution in [3.63, 3.8) is 0 Å². The Kier molecular flexibility index (Phi) is 4.35. The highest BCUT2D eigenvalue weighted by molar-refractivity contribution is 8.01. The van der Waals surface area contributed by atoms with Gasteiger partial charge in [-0.3, -0.25) is 4.79 Å². The Bertz CT molecular complexity index is 356. The van der Waals surface area contributed by atoms with Crippen molar-refractivity contribution in [2.24, 2.45) is 0 Å². The summed E-state index contributed by atoms with van der Waals surface area (Å²) in [7, 11) is 0. The molecule has 0 aliphatic carbocycles. The zero-order valence-electron chi connectivity index (χ0n) is 9.71. The van der Waals surface area contributed by atoms with Crippen LogP contribution in [0.4, 0.5) is 10.1 Å². The smallest absolute Gasteiger partial charge is 0.234 e. The van der Waals surface area contributed by atoms with Crippen molar-refractivity contribution in [1.82, 2.24) is 0 Å². The SMILES string of the molecule is CC(C)(C)SCC(=O)Nc1ccc(F)cc1. The molecule has 2 nitrogen and oxygen atoms in total. The normalized spacial score (nSPS) is 11.2. The second-order valence-electron chi connectivity index (χ2n) is 4.46. The van der Waals surface area contributed by atoms with E-state index in [0.717, 1.165) is 0 Å². The molecule has 0 radical (unpaired) electrons. The summed E-state index contributed by atoms with van der Waals surface area (Å²) in [6, 6.07) is 5.75. The molecule has 88 valence electrons. The van der Waals surface area contributed by atoms with Crippen molar-refractivity contribution < 1.29 is 9.18 Å². The van der Waals surface area contributed by atoms with E-state index in [2.05, 4.69) is 26.1 Å². The number of hydrogen-bond donors (Lipinski definition) is 1. The van der Waals surface area contributed by atoms with Gasteiger partial charge in [0.25, 0.3) is 0 Å². The lowest BCUT2D eigenvalue weighted by Gasteiger charge is -2.16. The molecule has 16 heavy (non-hydrogen) atoms. The van der Waals surface area contributed by atoms with Crippen molar-refractivity contribution in [3.8, 4) is 0 Å². The van der Waals surface area contributed by atoms with Gasteiger partial charge in [0.2, 0.25) is 5.91 Å². The van der Waals surface area contributed by atoms with E-state index in [0.29, 0.717) is 11.4 Å². The third-order valence-corrected chi connectivity index (χ3v) is 3.04. The molecule has 1 aromatic carbocycles. The summed E-state index contributed by atoms with van der Waals surface area (Å²) in [5.74, 6) is 0.0366. The summed E-state index contributed by atoms with van der Waals surface area (Å²) < 4.78 is 12.7. The van der Waals surface area contributed by atoms with Gasteiger partial charge in [-0.2, -0.15) is 0 Å². The molecule has 0 aliphatic heterocycles. The van der Waals surface area contributed by atoms with E-state index < -0.39 is 0 Å². The van der Waals surface area contributed by atoms with E-state index in [1.165, 1.54) is 12.1 Å². The van der Waals surface area contributed by atoms with E-state index in [-0.39, 0.29) is 16.5 Å². The number of thioether (sulfide) groups is 1. The summed E-state index contributed by atoms with van der Waals surface area (Å²) in [4.78, 5) is 11.5. The number of benzene rings is 1. The summed E-state index contributed by atoms with van der Waals surface area (Å²) in [5, 5.41) is 2.72. The van der Waals surface area contributed by atoms with Gasteiger partial charge in [-0.05, 0) is 24.3 Å². The first kappa shape index (κ1) is 13.0. The van der Waals surface area contributed by atoms with Gasteiger partial charge in [0.1, 0.15) is 5.82 Å². The van der Waals surface area contributed by atoms with Crippen molar-refractivity contribution in [1.29, 1.82) is 0 Å². The van der Waals surface area contributed by atoms with Crippen LogP contribution >= 0.6 is 11.8 Å². The first-order valence-corrected chi connectivity index (χ1v) is 6.05. The lowest BCUT2D eigenvalue weighted by Crippen LogP contribution is -2.18. The molecule has 0 unspecified atom stereocenters. The van der Waals surface area contributed by atoms with E-state index in [9.17, 15) is 9.18 Å². The highest BCUT2D eigenvalue weighted by Crippen LogP contribution is 2.23. The standard InChI is InChI=1S/C12H16FNOS/c1-12(2,3)16-8-11(15)14-10-6-4-9(13)5-7-10/h4-7H,8H2,1-3H3,(H,14,15). The van der Waals surface area contributed by atoms with Crippen molar-refractivity contribution >= 4 is 23.4 Å². The molecule has 0 heterocycles. The topological polar surface area (TPSA) is 29.1 Å². The second kappa shape index (κ2) is 5.34. The Labute approximate surface area is 99.6 Å². The molecular formula is C12H16FNOS. The largest absolute Gasteiger partial charge is 0.325 e. The van der Waals surface area contributed by atoms with E-state index in [1.54, 1.807) is 23.9 Å². The number of halogens is 1. The fourth-order valence-corrected chi connectivity index (χ4v) is 1.65. The van der Waals surface area contributed by atoms with Crippen LogP contribution in [0.1, 0.15) is 20.8 Å². The Hall–Kier alpha value is -1.03. The Morgan fingerprint density at radius 2 is 1.88 bits per heavy atom. The minimum Gasteiger partial charge on any atom is -0.325 e. The van der Waals surface area contributed by atoms with Crippen molar-refractivity contribution in [3.05, 3.63) is 30.1 Å². The predicted molar refractivity (Wildman–Crippen MR) is 67.2 cm³/mol. The fraction of sp³-hybridized carbons (Fsp3) is 0.417. The van der Waals surface area contributed by atoms with Gasteiger partial charge in [0, 0.05) is 10.4 Å². The number of rotatable bonds is 3. The maximum absolute atomic E-state index is 12.6. The third kappa shape index (κ3) is 5.16. The quantitative estimate of drug-likeness (QED) is 0.879. The van der Waals surface area contributed by atoms with Gasteiger partial charge in [-0.15, -0.1) is 11.8 Å². The van der Waals surface area contributed by atoms with Gasteiger partial charge < -0.3 is 5.32 Å². The minimum absolute atomic E-state index is 0.0634. The van der Waals surface area contributed by atoms with Crippen LogP contribution in [0.3, 0.4) is 0 Å². The lowest BCUT2D eigenvalue weighted by atomic mass is 10.3. The molecule has 0 aromatic heterocycles. The highest BCUT2D eigenvalue weighted by Gasteiger charge is 2.13. The monoisotopic (exact) mass is 241 g/mol. The van der Waals surface area contributed by atoms with Crippen molar-refractivity contribution in [2.45, 2.75) is 25.5 Å². The summed E-state index contributed by atoms with van der Waals surface area (Å²) in [6.45, 7) is 6.18. The number of carbonyl (C=O) groups excluding carboxylic acids is 1. The average Bonchev–Trinajstić information content (AvgIpc) is 2.18. The van der Waals surface area contributed by atoms with Crippen LogP contribution in [0.15, 0.2) is 24.3 Å². The average molecular weight is 241 g/mol. The molecule has 0 atom stereocenters. The lowest BCUT2D eigenvalue weighted by molar-refractivity contribution is -0.113. The molecule has 0 saturated carbocycles. The summed E-state index contributed by atoms with van der Waals surface area (Å²) >= 11 is 1.58. The molecule has 0 spiro atoms. The van der Waals surface area contributed by atoms with Crippen LogP contribution in [-0.2, 0) is 4.79 Å². The maximum atomic E-state index is 12.6. The van der Waals surface area contributed by atoms with Crippen LogP contribution in [0, 0.1) is 5.82 Å². The zero-order valence-corrected chi connectivity index (χ0v) is 10.5. The third-order valence-electron chi connectivity index (χ3n) is 1.76. The first-order chi connectivity index (χ1) is 7.37. The van der Waals surface area contributed by atoms with Gasteiger partial charge in [-0.1, -0.05) is 20.8 Å². The van der Waals surface area contributed by atoms with Crippen LogP contribution in [0.2, 0.25) is 0 Å². The van der Waals surface area contributed by atoms with Crippen LogP contribution in [-0.4, -0.2) is 16.4 Å².